The SMILES string of the molecule is CC(=NC1CCN(C)CC1)c1ccc2c(c1)C1(CCCC1)CC(c1cc(F)ccc1Br)N2. The highest BCUT2D eigenvalue weighted by molar-refractivity contribution is 9.10. The molecule has 0 aromatic heterocycles. The molecule has 0 bridgehead atoms. The molecule has 2 fully saturated rings. The predicted molar refractivity (Wildman–Crippen MR) is 134 cm³/mol. The summed E-state index contributed by atoms with van der Waals surface area (Å²) in [6.45, 7) is 4.44. The Hall–Kier alpha value is -1.72. The van der Waals surface area contributed by atoms with Crippen molar-refractivity contribution in [3.8, 4) is 0 Å². The number of nitrogens with one attached hydrogen (secondary N) is 1. The molecule has 0 amide bonds. The van der Waals surface area contributed by atoms with E-state index in [1.165, 1.54) is 48.6 Å². The Labute approximate surface area is 199 Å². The van der Waals surface area contributed by atoms with Gasteiger partial charge in [0.2, 0.25) is 0 Å². The molecule has 2 aromatic rings. The Morgan fingerprint density at radius 2 is 1.88 bits per heavy atom. The Morgan fingerprint density at radius 1 is 1.12 bits per heavy atom. The zero-order valence-corrected chi connectivity index (χ0v) is 20.7. The number of nitrogens with zero attached hydrogens (tertiary/aromatic N) is 2. The van der Waals surface area contributed by atoms with Gasteiger partial charge in [0.25, 0.3) is 0 Å². The fraction of sp³-hybridized carbons (Fsp3) is 0.519. The van der Waals surface area contributed by atoms with Gasteiger partial charge >= 0.3 is 0 Å². The van der Waals surface area contributed by atoms with Gasteiger partial charge < -0.3 is 10.2 Å². The van der Waals surface area contributed by atoms with Crippen molar-refractivity contribution in [2.75, 3.05) is 25.5 Å². The van der Waals surface area contributed by atoms with E-state index >= 15 is 0 Å². The summed E-state index contributed by atoms with van der Waals surface area (Å²) >= 11 is 3.66. The average Bonchev–Trinajstić information content (AvgIpc) is 3.25. The third-order valence-corrected chi connectivity index (χ3v) is 8.61. The minimum Gasteiger partial charge on any atom is -0.378 e. The fourth-order valence-corrected chi connectivity index (χ4v) is 6.56. The van der Waals surface area contributed by atoms with E-state index in [9.17, 15) is 4.39 Å². The third kappa shape index (κ3) is 4.26. The molecule has 0 radical (unpaired) electrons. The van der Waals surface area contributed by atoms with Crippen molar-refractivity contribution >= 4 is 27.3 Å². The Balaban J connectivity index is 1.47. The molecule has 2 aliphatic heterocycles. The number of anilines is 1. The van der Waals surface area contributed by atoms with Crippen LogP contribution in [0.4, 0.5) is 10.1 Å². The van der Waals surface area contributed by atoms with Crippen LogP contribution in [0.25, 0.3) is 0 Å². The van der Waals surface area contributed by atoms with E-state index in [2.05, 4.69) is 58.3 Å². The fourth-order valence-electron chi connectivity index (χ4n) is 6.04. The molecule has 5 heteroatoms. The Morgan fingerprint density at radius 3 is 2.62 bits per heavy atom. The quantitative estimate of drug-likeness (QED) is 0.468. The van der Waals surface area contributed by atoms with Gasteiger partial charge in [-0.25, -0.2) is 4.39 Å². The third-order valence-electron chi connectivity index (χ3n) is 7.89. The van der Waals surface area contributed by atoms with E-state index in [-0.39, 0.29) is 17.3 Å². The highest BCUT2D eigenvalue weighted by atomic mass is 79.9. The molecule has 1 N–H and O–H groups in total. The number of likely N-dealkylation sites (tertiary alicyclic amines) is 1. The summed E-state index contributed by atoms with van der Waals surface area (Å²) in [6.07, 6.45) is 8.26. The number of benzene rings is 2. The van der Waals surface area contributed by atoms with Gasteiger partial charge in [-0.3, -0.25) is 4.99 Å². The van der Waals surface area contributed by atoms with Crippen LogP contribution in [-0.2, 0) is 5.41 Å². The summed E-state index contributed by atoms with van der Waals surface area (Å²) < 4.78 is 15.0. The molecular weight excluding hydrogens is 465 g/mol. The second-order valence-corrected chi connectivity index (χ2v) is 10.9. The van der Waals surface area contributed by atoms with Crippen LogP contribution >= 0.6 is 15.9 Å². The van der Waals surface area contributed by atoms with E-state index in [0.29, 0.717) is 6.04 Å². The first-order valence-electron chi connectivity index (χ1n) is 12.0. The van der Waals surface area contributed by atoms with E-state index in [4.69, 9.17) is 4.99 Å². The second kappa shape index (κ2) is 8.90. The van der Waals surface area contributed by atoms with Gasteiger partial charge in [0.1, 0.15) is 5.82 Å². The molecule has 2 aromatic carbocycles. The van der Waals surface area contributed by atoms with Crippen LogP contribution in [0.1, 0.15) is 74.6 Å². The van der Waals surface area contributed by atoms with Gasteiger partial charge in [-0.15, -0.1) is 0 Å². The zero-order chi connectivity index (χ0) is 22.3. The average molecular weight is 498 g/mol. The largest absolute Gasteiger partial charge is 0.378 e. The Kier molecular flexibility index (Phi) is 6.15. The minimum absolute atomic E-state index is 0.116. The van der Waals surface area contributed by atoms with E-state index in [1.807, 2.05) is 6.07 Å². The van der Waals surface area contributed by atoms with E-state index < -0.39 is 0 Å². The van der Waals surface area contributed by atoms with Gasteiger partial charge in [-0.05, 0) is 112 Å². The molecule has 3 nitrogen and oxygen atoms in total. The molecule has 32 heavy (non-hydrogen) atoms. The number of fused-ring (bicyclic) bond motifs is 2. The summed E-state index contributed by atoms with van der Waals surface area (Å²) in [5.74, 6) is -0.174. The van der Waals surface area contributed by atoms with Crippen LogP contribution in [0.2, 0.25) is 0 Å². The maximum absolute atomic E-state index is 14.1. The predicted octanol–water partition coefficient (Wildman–Crippen LogP) is 6.86. The van der Waals surface area contributed by atoms with Crippen LogP contribution in [-0.4, -0.2) is 36.8 Å². The van der Waals surface area contributed by atoms with Crippen LogP contribution in [0.15, 0.2) is 45.9 Å². The lowest BCUT2D eigenvalue weighted by atomic mass is 9.69. The first-order valence-corrected chi connectivity index (χ1v) is 12.8. The molecular formula is C27H33BrFN3. The molecule has 170 valence electrons. The van der Waals surface area contributed by atoms with Crippen molar-refractivity contribution in [3.63, 3.8) is 0 Å². The lowest BCUT2D eigenvalue weighted by Gasteiger charge is -2.42. The van der Waals surface area contributed by atoms with E-state index in [1.54, 1.807) is 6.07 Å². The molecule has 5 rings (SSSR count). The minimum atomic E-state index is -0.174. The number of aliphatic imine (C=N–C) groups is 1. The van der Waals surface area contributed by atoms with Crippen molar-refractivity contribution in [1.82, 2.24) is 4.90 Å². The molecule has 1 saturated heterocycles. The molecule has 1 aliphatic carbocycles. The number of piperidine rings is 1. The summed E-state index contributed by atoms with van der Waals surface area (Å²) in [5, 5.41) is 3.74. The van der Waals surface area contributed by atoms with Crippen molar-refractivity contribution in [1.29, 1.82) is 0 Å². The van der Waals surface area contributed by atoms with Crippen LogP contribution in [0.5, 0.6) is 0 Å². The number of rotatable bonds is 3. The maximum atomic E-state index is 14.1. The van der Waals surface area contributed by atoms with E-state index in [0.717, 1.165) is 48.1 Å². The smallest absolute Gasteiger partial charge is 0.123 e. The molecule has 2 heterocycles. The molecule has 1 saturated carbocycles. The lowest BCUT2D eigenvalue weighted by Crippen LogP contribution is -2.34. The Bertz CT molecular complexity index is 1020. The summed E-state index contributed by atoms with van der Waals surface area (Å²) in [6, 6.07) is 12.4. The maximum Gasteiger partial charge on any atom is 0.123 e. The topological polar surface area (TPSA) is 27.6 Å². The highest BCUT2D eigenvalue weighted by Gasteiger charge is 2.43. The lowest BCUT2D eigenvalue weighted by molar-refractivity contribution is 0.257. The van der Waals surface area contributed by atoms with Crippen molar-refractivity contribution in [3.05, 3.63) is 63.4 Å². The van der Waals surface area contributed by atoms with Gasteiger partial charge in [0, 0.05) is 15.9 Å². The zero-order valence-electron chi connectivity index (χ0n) is 19.1. The summed E-state index contributed by atoms with van der Waals surface area (Å²) in [4.78, 5) is 7.50. The molecule has 3 aliphatic rings. The normalized spacial score (nSPS) is 23.9. The van der Waals surface area contributed by atoms with Gasteiger partial charge in [0.15, 0.2) is 0 Å². The van der Waals surface area contributed by atoms with Crippen molar-refractivity contribution in [2.45, 2.75) is 69.4 Å². The first-order chi connectivity index (χ1) is 15.4. The molecule has 1 spiro atoms. The van der Waals surface area contributed by atoms with Gasteiger partial charge in [0.05, 0.1) is 12.1 Å². The van der Waals surface area contributed by atoms with Gasteiger partial charge in [-0.1, -0.05) is 34.8 Å². The first kappa shape index (κ1) is 22.1. The molecule has 1 unspecified atom stereocenters. The van der Waals surface area contributed by atoms with Crippen molar-refractivity contribution in [2.24, 2.45) is 4.99 Å². The standard InChI is InChI=1S/C27H33BrFN3/c1-18(30-21-9-13-32(2)14-10-21)19-5-8-25-23(15-19)27(11-3-4-12-27)17-26(31-25)22-16-20(29)6-7-24(22)28/h5-8,15-16,21,26,31H,3-4,9-14,17H2,1-2H3. The monoisotopic (exact) mass is 497 g/mol. The van der Waals surface area contributed by atoms with Crippen LogP contribution < -0.4 is 5.32 Å². The number of halogens is 2. The van der Waals surface area contributed by atoms with Crippen LogP contribution in [0.3, 0.4) is 0 Å². The van der Waals surface area contributed by atoms with Gasteiger partial charge in [-0.2, -0.15) is 0 Å². The highest BCUT2D eigenvalue weighted by Crippen LogP contribution is 2.53. The number of hydrogen-bond acceptors (Lipinski definition) is 3. The summed E-state index contributed by atoms with van der Waals surface area (Å²) in [5.41, 5.74) is 6.24. The van der Waals surface area contributed by atoms with Crippen LogP contribution in [0, 0.1) is 5.82 Å². The summed E-state index contributed by atoms with van der Waals surface area (Å²) in [7, 11) is 2.19. The molecule has 1 atom stereocenters. The number of hydrogen-bond donors (Lipinski definition) is 1. The van der Waals surface area contributed by atoms with Crippen molar-refractivity contribution < 1.29 is 4.39 Å². The second-order valence-electron chi connectivity index (χ2n) is 10.1.